The van der Waals surface area contributed by atoms with Crippen LogP contribution >= 0.6 is 0 Å². The Balaban J connectivity index is 1.43. The second-order valence-electron chi connectivity index (χ2n) is 7.56. The second-order valence-corrected chi connectivity index (χ2v) is 7.56. The Morgan fingerprint density at radius 2 is 2.12 bits per heavy atom. The number of hydrogen-bond donors (Lipinski definition) is 2. The quantitative estimate of drug-likeness (QED) is 0.651. The minimum absolute atomic E-state index is 0.172. The van der Waals surface area contributed by atoms with Crippen molar-refractivity contribution in [3.05, 3.63) is 35.4 Å². The van der Waals surface area contributed by atoms with Crippen LogP contribution in [0.5, 0.6) is 0 Å². The predicted octanol–water partition coefficient (Wildman–Crippen LogP) is 3.15. The number of benzene rings is 1. The molecule has 2 aliphatic carbocycles. The Morgan fingerprint density at radius 1 is 1.32 bits per heavy atom. The fourth-order valence-electron chi connectivity index (χ4n) is 4.84. The van der Waals surface area contributed by atoms with Crippen LogP contribution in [0.2, 0.25) is 0 Å². The van der Waals surface area contributed by atoms with Crippen molar-refractivity contribution in [2.45, 2.75) is 50.8 Å². The number of guanidine groups is 1. The summed E-state index contributed by atoms with van der Waals surface area (Å²) in [4.78, 5) is 4.34. The normalized spacial score (nSPS) is 31.0. The fourth-order valence-corrected chi connectivity index (χ4v) is 4.84. The van der Waals surface area contributed by atoms with Crippen molar-refractivity contribution in [2.24, 2.45) is 16.3 Å². The number of aliphatic imine (C=N–C) groups is 1. The van der Waals surface area contributed by atoms with Crippen molar-refractivity contribution in [3.8, 4) is 0 Å². The molecule has 1 heterocycles. The summed E-state index contributed by atoms with van der Waals surface area (Å²) in [6, 6.07) is 4.21. The first-order valence-corrected chi connectivity index (χ1v) is 9.11. The number of ether oxygens (including phenoxy) is 1. The molecule has 3 aliphatic rings. The lowest BCUT2D eigenvalue weighted by Crippen LogP contribution is -2.72. The Morgan fingerprint density at radius 3 is 2.76 bits per heavy atom. The van der Waals surface area contributed by atoms with Gasteiger partial charge >= 0.3 is 0 Å². The first kappa shape index (κ1) is 16.8. The van der Waals surface area contributed by atoms with E-state index in [4.69, 9.17) is 4.74 Å². The average Bonchev–Trinajstić information content (AvgIpc) is 2.97. The molecule has 1 saturated heterocycles. The second kappa shape index (κ2) is 6.24. The highest BCUT2D eigenvalue weighted by Gasteiger charge is 2.66. The van der Waals surface area contributed by atoms with Gasteiger partial charge in [-0.1, -0.05) is 12.5 Å². The van der Waals surface area contributed by atoms with Gasteiger partial charge in [-0.3, -0.25) is 4.99 Å². The molecular weight excluding hydrogens is 324 g/mol. The molecule has 2 N–H and O–H groups in total. The summed E-state index contributed by atoms with van der Waals surface area (Å²) in [6.45, 7) is 2.77. The molecule has 1 spiro atoms. The van der Waals surface area contributed by atoms with Gasteiger partial charge in [0.25, 0.3) is 0 Å². The van der Waals surface area contributed by atoms with Gasteiger partial charge in [-0.25, -0.2) is 8.78 Å². The van der Waals surface area contributed by atoms with Crippen LogP contribution in [-0.2, 0) is 4.74 Å². The number of nitrogens with one attached hydrogen (secondary N) is 2. The van der Waals surface area contributed by atoms with Crippen molar-refractivity contribution in [3.63, 3.8) is 0 Å². The molecule has 4 atom stereocenters. The molecule has 4 unspecified atom stereocenters. The summed E-state index contributed by atoms with van der Waals surface area (Å²) in [5.74, 6) is -0.393. The Kier molecular flexibility index (Phi) is 4.18. The van der Waals surface area contributed by atoms with Crippen LogP contribution in [0.4, 0.5) is 8.78 Å². The third-order valence-corrected chi connectivity index (χ3v) is 6.35. The summed E-state index contributed by atoms with van der Waals surface area (Å²) in [5.41, 5.74) is 0.959. The van der Waals surface area contributed by atoms with Crippen LogP contribution in [0.1, 0.15) is 44.2 Å². The van der Waals surface area contributed by atoms with E-state index in [1.54, 1.807) is 13.1 Å². The molecule has 136 valence electrons. The van der Waals surface area contributed by atoms with Crippen LogP contribution in [0.25, 0.3) is 0 Å². The molecule has 1 aromatic rings. The van der Waals surface area contributed by atoms with Crippen molar-refractivity contribution in [1.29, 1.82) is 0 Å². The monoisotopic (exact) mass is 349 g/mol. The number of halogens is 2. The highest BCUT2D eigenvalue weighted by atomic mass is 19.2. The summed E-state index contributed by atoms with van der Waals surface area (Å²) in [5, 5.41) is 6.89. The van der Waals surface area contributed by atoms with Crippen LogP contribution in [-0.4, -0.2) is 31.8 Å². The van der Waals surface area contributed by atoms with Gasteiger partial charge in [-0.2, -0.15) is 0 Å². The van der Waals surface area contributed by atoms with E-state index in [0.29, 0.717) is 29.6 Å². The minimum Gasteiger partial charge on any atom is -0.377 e. The summed E-state index contributed by atoms with van der Waals surface area (Å²) < 4.78 is 32.6. The molecule has 0 radical (unpaired) electrons. The lowest BCUT2D eigenvalue weighted by atomic mass is 9.46. The van der Waals surface area contributed by atoms with E-state index < -0.39 is 11.6 Å². The topological polar surface area (TPSA) is 45.7 Å². The van der Waals surface area contributed by atoms with Gasteiger partial charge in [-0.15, -0.1) is 0 Å². The van der Waals surface area contributed by atoms with E-state index in [1.165, 1.54) is 25.3 Å². The zero-order valence-corrected chi connectivity index (χ0v) is 14.7. The smallest absolute Gasteiger partial charge is 0.191 e. The third-order valence-electron chi connectivity index (χ3n) is 6.35. The summed E-state index contributed by atoms with van der Waals surface area (Å²) in [7, 11) is 1.74. The number of rotatable bonds is 3. The third kappa shape index (κ3) is 2.62. The predicted molar refractivity (Wildman–Crippen MR) is 92.3 cm³/mol. The minimum atomic E-state index is -0.827. The van der Waals surface area contributed by atoms with E-state index in [0.717, 1.165) is 19.1 Å². The van der Waals surface area contributed by atoms with Crippen molar-refractivity contribution in [1.82, 2.24) is 10.6 Å². The van der Waals surface area contributed by atoms with Crippen LogP contribution in [0.15, 0.2) is 23.2 Å². The van der Waals surface area contributed by atoms with Crippen LogP contribution in [0.3, 0.4) is 0 Å². The lowest BCUT2D eigenvalue weighted by Gasteiger charge is -2.63. The van der Waals surface area contributed by atoms with Crippen molar-refractivity contribution in [2.75, 3.05) is 13.7 Å². The van der Waals surface area contributed by atoms with Crippen molar-refractivity contribution >= 4 is 5.96 Å². The maximum absolute atomic E-state index is 13.5. The number of nitrogens with zero attached hydrogens (tertiary/aromatic N) is 1. The lowest BCUT2D eigenvalue weighted by molar-refractivity contribution is -0.171. The first-order chi connectivity index (χ1) is 12.0. The average molecular weight is 349 g/mol. The molecule has 0 amide bonds. The summed E-state index contributed by atoms with van der Waals surface area (Å²) in [6.07, 6.45) is 5.19. The Labute approximate surface area is 147 Å². The van der Waals surface area contributed by atoms with E-state index >= 15 is 0 Å². The number of fused-ring (bicyclic) bond motifs is 2. The standard InChI is InChI=1S/C19H25F2N3O/c1-11(12-4-5-14(20)15(21)10-12)23-18(22-2)24-16-13-6-9-25-17(13)19(16)7-3-8-19/h4-5,10-11,13,16-17H,3,6-9H2,1-2H3,(H2,22,23,24). The van der Waals surface area contributed by atoms with Crippen molar-refractivity contribution < 1.29 is 13.5 Å². The molecular formula is C19H25F2N3O. The van der Waals surface area contributed by atoms with Crippen LogP contribution in [0, 0.1) is 23.0 Å². The largest absolute Gasteiger partial charge is 0.377 e. The van der Waals surface area contributed by atoms with Gasteiger partial charge in [-0.05, 0) is 43.9 Å². The highest BCUT2D eigenvalue weighted by molar-refractivity contribution is 5.80. The van der Waals surface area contributed by atoms with Gasteiger partial charge < -0.3 is 15.4 Å². The maximum Gasteiger partial charge on any atom is 0.191 e. The maximum atomic E-state index is 13.5. The molecule has 4 nitrogen and oxygen atoms in total. The van der Waals surface area contributed by atoms with E-state index in [-0.39, 0.29) is 11.5 Å². The Bertz CT molecular complexity index is 689. The molecule has 1 aromatic carbocycles. The zero-order valence-electron chi connectivity index (χ0n) is 14.7. The van der Waals surface area contributed by atoms with Crippen LogP contribution < -0.4 is 10.6 Å². The first-order valence-electron chi connectivity index (χ1n) is 9.11. The van der Waals surface area contributed by atoms with E-state index in [2.05, 4.69) is 15.6 Å². The molecule has 0 aromatic heterocycles. The molecule has 25 heavy (non-hydrogen) atoms. The van der Waals surface area contributed by atoms with Gasteiger partial charge in [0, 0.05) is 31.0 Å². The van der Waals surface area contributed by atoms with E-state index in [1.807, 2.05) is 6.92 Å². The van der Waals surface area contributed by atoms with Gasteiger partial charge in [0.2, 0.25) is 0 Å². The van der Waals surface area contributed by atoms with Gasteiger partial charge in [0.1, 0.15) is 0 Å². The zero-order chi connectivity index (χ0) is 17.6. The molecule has 6 heteroatoms. The molecule has 0 bridgehead atoms. The molecule has 3 fully saturated rings. The highest BCUT2D eigenvalue weighted by Crippen LogP contribution is 2.62. The number of hydrogen-bond acceptors (Lipinski definition) is 2. The van der Waals surface area contributed by atoms with Gasteiger partial charge in [0.05, 0.1) is 12.1 Å². The van der Waals surface area contributed by atoms with E-state index in [9.17, 15) is 8.78 Å². The SMILES string of the molecule is CN=C(NC(C)c1ccc(F)c(F)c1)NC1C2CCOC2C12CCC2. The Hall–Kier alpha value is -1.69. The fraction of sp³-hybridized carbons (Fsp3) is 0.632. The molecule has 4 rings (SSSR count). The van der Waals surface area contributed by atoms with Gasteiger partial charge in [0.15, 0.2) is 17.6 Å². The molecule has 2 saturated carbocycles. The summed E-state index contributed by atoms with van der Waals surface area (Å²) >= 11 is 0. The molecule has 1 aliphatic heterocycles.